The van der Waals surface area contributed by atoms with E-state index in [4.69, 9.17) is 5.73 Å². The fourth-order valence-electron chi connectivity index (χ4n) is 2.10. The van der Waals surface area contributed by atoms with Crippen molar-refractivity contribution in [3.8, 4) is 0 Å². The van der Waals surface area contributed by atoms with E-state index in [2.05, 4.69) is 10.4 Å². The van der Waals surface area contributed by atoms with Crippen molar-refractivity contribution in [2.75, 3.05) is 0 Å². The molecule has 0 radical (unpaired) electrons. The van der Waals surface area contributed by atoms with E-state index in [1.54, 1.807) is 4.68 Å². The standard InChI is InChI=1S/C15H20N4O/c1-11-13(10-19(2)18-11)9-17-15(20)14(16)8-12-6-4-3-5-7-12/h3-7,10,14H,8-9,16H2,1-2H3,(H,17,20)/t14-/m1/s1. The second kappa shape index (κ2) is 6.34. The number of rotatable bonds is 5. The molecule has 0 aliphatic rings. The number of aromatic nitrogens is 2. The first-order chi connectivity index (χ1) is 9.56. The molecule has 0 aliphatic carbocycles. The number of carbonyl (C=O) groups excluding carboxylic acids is 1. The topological polar surface area (TPSA) is 72.9 Å². The second-order valence-corrected chi connectivity index (χ2v) is 4.93. The Hall–Kier alpha value is -2.14. The largest absolute Gasteiger partial charge is 0.351 e. The average molecular weight is 272 g/mol. The van der Waals surface area contributed by atoms with E-state index in [9.17, 15) is 4.79 Å². The molecule has 0 saturated carbocycles. The Kier molecular flexibility index (Phi) is 4.53. The number of hydrogen-bond acceptors (Lipinski definition) is 3. The van der Waals surface area contributed by atoms with Crippen LogP contribution in [0.25, 0.3) is 0 Å². The van der Waals surface area contributed by atoms with Gasteiger partial charge < -0.3 is 11.1 Å². The van der Waals surface area contributed by atoms with Crippen LogP contribution in [-0.2, 0) is 24.8 Å². The van der Waals surface area contributed by atoms with Gasteiger partial charge in [-0.2, -0.15) is 5.10 Å². The van der Waals surface area contributed by atoms with Crippen molar-refractivity contribution in [3.63, 3.8) is 0 Å². The molecular weight excluding hydrogens is 252 g/mol. The monoisotopic (exact) mass is 272 g/mol. The molecule has 0 fully saturated rings. The number of benzene rings is 1. The minimum Gasteiger partial charge on any atom is -0.351 e. The fourth-order valence-corrected chi connectivity index (χ4v) is 2.10. The Bertz CT molecular complexity index is 577. The van der Waals surface area contributed by atoms with Gasteiger partial charge in [0.2, 0.25) is 5.91 Å². The zero-order valence-electron chi connectivity index (χ0n) is 11.8. The highest BCUT2D eigenvalue weighted by atomic mass is 16.2. The van der Waals surface area contributed by atoms with E-state index in [0.29, 0.717) is 13.0 Å². The number of nitrogens with one attached hydrogen (secondary N) is 1. The fraction of sp³-hybridized carbons (Fsp3) is 0.333. The van der Waals surface area contributed by atoms with Gasteiger partial charge in [-0.3, -0.25) is 9.48 Å². The van der Waals surface area contributed by atoms with Crippen molar-refractivity contribution in [1.82, 2.24) is 15.1 Å². The Morgan fingerprint density at radius 1 is 1.40 bits per heavy atom. The summed E-state index contributed by atoms with van der Waals surface area (Å²) < 4.78 is 1.74. The molecule has 5 nitrogen and oxygen atoms in total. The van der Waals surface area contributed by atoms with Gasteiger partial charge in [0.05, 0.1) is 11.7 Å². The molecule has 0 saturated heterocycles. The summed E-state index contributed by atoms with van der Waals surface area (Å²) in [5.41, 5.74) is 8.91. The van der Waals surface area contributed by atoms with E-state index in [0.717, 1.165) is 16.8 Å². The quantitative estimate of drug-likeness (QED) is 0.850. The van der Waals surface area contributed by atoms with Crippen molar-refractivity contribution in [3.05, 3.63) is 53.3 Å². The summed E-state index contributed by atoms with van der Waals surface area (Å²) in [7, 11) is 1.86. The van der Waals surface area contributed by atoms with Gasteiger partial charge in [-0.25, -0.2) is 0 Å². The maximum Gasteiger partial charge on any atom is 0.237 e. The summed E-state index contributed by atoms with van der Waals surface area (Å²) in [6.07, 6.45) is 2.44. The van der Waals surface area contributed by atoms with Gasteiger partial charge in [0.15, 0.2) is 0 Å². The maximum absolute atomic E-state index is 12.0. The Labute approximate surface area is 118 Å². The number of carbonyl (C=O) groups is 1. The number of nitrogens with zero attached hydrogens (tertiary/aromatic N) is 2. The van der Waals surface area contributed by atoms with Crippen molar-refractivity contribution < 1.29 is 4.79 Å². The van der Waals surface area contributed by atoms with Crippen molar-refractivity contribution in [2.45, 2.75) is 25.9 Å². The molecular formula is C15H20N4O. The third-order valence-corrected chi connectivity index (χ3v) is 3.20. The zero-order valence-corrected chi connectivity index (χ0v) is 11.8. The average Bonchev–Trinajstić information content (AvgIpc) is 2.75. The lowest BCUT2D eigenvalue weighted by atomic mass is 10.1. The van der Waals surface area contributed by atoms with Crippen LogP contribution < -0.4 is 11.1 Å². The van der Waals surface area contributed by atoms with Crippen molar-refractivity contribution >= 4 is 5.91 Å². The van der Waals surface area contributed by atoms with E-state index in [1.165, 1.54) is 0 Å². The van der Waals surface area contributed by atoms with Crippen molar-refractivity contribution in [2.24, 2.45) is 12.8 Å². The van der Waals surface area contributed by atoms with E-state index < -0.39 is 6.04 Å². The summed E-state index contributed by atoms with van der Waals surface area (Å²) in [4.78, 5) is 12.0. The summed E-state index contributed by atoms with van der Waals surface area (Å²) in [6.45, 7) is 2.38. The van der Waals surface area contributed by atoms with Gasteiger partial charge in [-0.1, -0.05) is 30.3 Å². The summed E-state index contributed by atoms with van der Waals surface area (Å²) in [5, 5.41) is 7.09. The summed E-state index contributed by atoms with van der Waals surface area (Å²) in [6, 6.07) is 9.24. The lowest BCUT2D eigenvalue weighted by Crippen LogP contribution is -2.41. The number of hydrogen-bond donors (Lipinski definition) is 2. The Morgan fingerprint density at radius 2 is 2.10 bits per heavy atom. The molecule has 1 atom stereocenters. The van der Waals surface area contributed by atoms with Crippen LogP contribution in [0, 0.1) is 6.92 Å². The molecule has 5 heteroatoms. The molecule has 1 aromatic heterocycles. The third-order valence-electron chi connectivity index (χ3n) is 3.20. The SMILES string of the molecule is Cc1nn(C)cc1CNC(=O)[C@H](N)Cc1ccccc1. The number of amides is 1. The van der Waals surface area contributed by atoms with E-state index >= 15 is 0 Å². The van der Waals surface area contributed by atoms with E-state index in [-0.39, 0.29) is 5.91 Å². The molecule has 1 aromatic carbocycles. The molecule has 2 rings (SSSR count). The summed E-state index contributed by atoms with van der Waals surface area (Å²) in [5.74, 6) is -0.142. The van der Waals surface area contributed by atoms with Crippen LogP contribution in [0.15, 0.2) is 36.5 Å². The molecule has 3 N–H and O–H groups in total. The lowest BCUT2D eigenvalue weighted by Gasteiger charge is -2.12. The van der Waals surface area contributed by atoms with Crippen LogP contribution in [0.2, 0.25) is 0 Å². The highest BCUT2D eigenvalue weighted by molar-refractivity contribution is 5.81. The molecule has 1 heterocycles. The smallest absolute Gasteiger partial charge is 0.237 e. The molecule has 2 aromatic rings. The van der Waals surface area contributed by atoms with Crippen LogP contribution in [0.1, 0.15) is 16.8 Å². The van der Waals surface area contributed by atoms with Crippen molar-refractivity contribution in [1.29, 1.82) is 0 Å². The Morgan fingerprint density at radius 3 is 2.70 bits per heavy atom. The second-order valence-electron chi connectivity index (χ2n) is 4.93. The third kappa shape index (κ3) is 3.68. The van der Waals surface area contributed by atoms with Gasteiger partial charge in [-0.15, -0.1) is 0 Å². The minimum atomic E-state index is -0.533. The predicted octanol–water partition coefficient (Wildman–Crippen LogP) is 0.915. The Balaban J connectivity index is 1.87. The van der Waals surface area contributed by atoms with Gasteiger partial charge in [0, 0.05) is 25.4 Å². The first-order valence-electron chi connectivity index (χ1n) is 6.62. The highest BCUT2D eigenvalue weighted by Crippen LogP contribution is 2.05. The summed E-state index contributed by atoms with van der Waals surface area (Å²) >= 11 is 0. The highest BCUT2D eigenvalue weighted by Gasteiger charge is 2.14. The van der Waals surface area contributed by atoms with Crippen LogP contribution >= 0.6 is 0 Å². The molecule has 0 aliphatic heterocycles. The van der Waals surface area contributed by atoms with Crippen LogP contribution in [0.3, 0.4) is 0 Å². The van der Waals surface area contributed by atoms with Gasteiger partial charge >= 0.3 is 0 Å². The minimum absolute atomic E-state index is 0.142. The van der Waals surface area contributed by atoms with E-state index in [1.807, 2.05) is 50.5 Å². The lowest BCUT2D eigenvalue weighted by molar-refractivity contribution is -0.122. The van der Waals surface area contributed by atoms with Crippen LogP contribution in [0.5, 0.6) is 0 Å². The molecule has 1 amide bonds. The molecule has 0 unspecified atom stereocenters. The zero-order chi connectivity index (χ0) is 14.5. The molecule has 20 heavy (non-hydrogen) atoms. The maximum atomic E-state index is 12.0. The number of nitrogens with two attached hydrogens (primary N) is 1. The van der Waals surface area contributed by atoms with Crippen LogP contribution in [-0.4, -0.2) is 21.7 Å². The first kappa shape index (κ1) is 14.3. The molecule has 106 valence electrons. The molecule has 0 bridgehead atoms. The normalized spacial score (nSPS) is 12.2. The predicted molar refractivity (Wildman–Crippen MR) is 77.9 cm³/mol. The van der Waals surface area contributed by atoms with Gasteiger partial charge in [0.1, 0.15) is 0 Å². The first-order valence-corrected chi connectivity index (χ1v) is 6.62. The van der Waals surface area contributed by atoms with Crippen LogP contribution in [0.4, 0.5) is 0 Å². The van der Waals surface area contributed by atoms with Gasteiger partial charge in [0.25, 0.3) is 0 Å². The number of aryl methyl sites for hydroxylation is 2. The molecule has 0 spiro atoms. The van der Waals surface area contributed by atoms with Gasteiger partial charge in [-0.05, 0) is 18.9 Å².